The van der Waals surface area contributed by atoms with Gasteiger partial charge in [-0.25, -0.2) is 4.79 Å². The van der Waals surface area contributed by atoms with Crippen molar-refractivity contribution in [2.45, 2.75) is 40.5 Å². The predicted octanol–water partition coefficient (Wildman–Crippen LogP) is 4.17. The van der Waals surface area contributed by atoms with E-state index in [1.807, 2.05) is 32.0 Å². The number of hydrogen-bond donors (Lipinski definition) is 0. The summed E-state index contributed by atoms with van der Waals surface area (Å²) < 4.78 is 5.20. The number of ketones is 1. The summed E-state index contributed by atoms with van der Waals surface area (Å²) in [7, 11) is 0. The third kappa shape index (κ3) is 4.79. The van der Waals surface area contributed by atoms with Gasteiger partial charge in [-0.15, -0.1) is 0 Å². The van der Waals surface area contributed by atoms with Crippen molar-refractivity contribution in [2.24, 2.45) is 11.3 Å². The molecule has 0 saturated heterocycles. The van der Waals surface area contributed by atoms with Crippen LogP contribution < -0.4 is 0 Å². The highest BCUT2D eigenvalue weighted by Crippen LogP contribution is 2.41. The summed E-state index contributed by atoms with van der Waals surface area (Å²) in [6.07, 6.45) is 2.37. The van der Waals surface area contributed by atoms with Crippen molar-refractivity contribution >= 4 is 17.3 Å². The zero-order chi connectivity index (χ0) is 18.2. The summed E-state index contributed by atoms with van der Waals surface area (Å²) in [5, 5.41) is 9.93. The first-order valence-electron chi connectivity index (χ1n) is 8.24. The Kier molecular flexibility index (Phi) is 7.38. The number of rotatable bonds is 8. The molecule has 0 fully saturated rings. The highest BCUT2D eigenvalue weighted by molar-refractivity contribution is 6.04. The number of nitrogens with zero attached hydrogens (tertiary/aromatic N) is 1. The van der Waals surface area contributed by atoms with Gasteiger partial charge >= 0.3 is 5.97 Å². The first-order valence-corrected chi connectivity index (χ1v) is 8.24. The van der Waals surface area contributed by atoms with E-state index in [1.54, 1.807) is 19.1 Å². The third-order valence-corrected chi connectivity index (χ3v) is 3.80. The maximum Gasteiger partial charge on any atom is 0.331 e. The second-order valence-corrected chi connectivity index (χ2v) is 6.20. The Labute approximate surface area is 144 Å². The van der Waals surface area contributed by atoms with Gasteiger partial charge in [0.1, 0.15) is 0 Å². The Hall–Kier alpha value is -2.41. The van der Waals surface area contributed by atoms with Crippen molar-refractivity contribution < 1.29 is 14.3 Å². The monoisotopic (exact) mass is 327 g/mol. The molecule has 1 rings (SSSR count). The van der Waals surface area contributed by atoms with Gasteiger partial charge in [0, 0.05) is 0 Å². The minimum Gasteiger partial charge on any atom is -0.465 e. The molecule has 0 heterocycles. The van der Waals surface area contributed by atoms with Gasteiger partial charge in [-0.2, -0.15) is 5.26 Å². The number of ether oxygens (including phenoxy) is 1. The molecule has 0 N–H and O–H groups in total. The van der Waals surface area contributed by atoms with Crippen LogP contribution in [0, 0.1) is 22.7 Å². The molecule has 1 aromatic carbocycles. The molecule has 0 bridgehead atoms. The van der Waals surface area contributed by atoms with Crippen molar-refractivity contribution in [2.75, 3.05) is 6.61 Å². The molecule has 0 amide bonds. The minimum atomic E-state index is -1.48. The van der Waals surface area contributed by atoms with Crippen LogP contribution in [0.15, 0.2) is 36.4 Å². The van der Waals surface area contributed by atoms with Gasteiger partial charge in [-0.3, -0.25) is 4.79 Å². The number of esters is 1. The van der Waals surface area contributed by atoms with E-state index in [0.29, 0.717) is 29.9 Å². The second kappa shape index (κ2) is 9.02. The van der Waals surface area contributed by atoms with E-state index in [0.717, 1.165) is 0 Å². The lowest BCUT2D eigenvalue weighted by atomic mass is 9.73. The zero-order valence-electron chi connectivity index (χ0n) is 14.8. The maximum absolute atomic E-state index is 12.7. The molecule has 0 aromatic heterocycles. The van der Waals surface area contributed by atoms with Crippen molar-refractivity contribution in [1.82, 2.24) is 0 Å². The minimum absolute atomic E-state index is 0.187. The Morgan fingerprint density at radius 3 is 2.38 bits per heavy atom. The Morgan fingerprint density at radius 1 is 1.29 bits per heavy atom. The molecule has 24 heavy (non-hydrogen) atoms. The van der Waals surface area contributed by atoms with Gasteiger partial charge in [-0.1, -0.05) is 44.2 Å². The van der Waals surface area contributed by atoms with Crippen LogP contribution in [0.25, 0.3) is 5.57 Å². The van der Waals surface area contributed by atoms with E-state index < -0.39 is 11.4 Å². The van der Waals surface area contributed by atoms with Gasteiger partial charge in [-0.05, 0) is 49.8 Å². The standard InChI is InChI=1S/C20H25NO3/c1-5-24-19(23)20(14-21,12-11-15(2)3)18(13-16(4)22)17-9-7-6-8-10-17/h6-10,13,15H,5,11-12H2,1-4H3/b18-13+. The van der Waals surface area contributed by atoms with Gasteiger partial charge in [0.05, 0.1) is 12.7 Å². The molecule has 4 heteroatoms. The Morgan fingerprint density at radius 2 is 1.92 bits per heavy atom. The molecular weight excluding hydrogens is 302 g/mol. The van der Waals surface area contributed by atoms with Crippen LogP contribution in [0.4, 0.5) is 0 Å². The van der Waals surface area contributed by atoms with Crippen LogP contribution in [0.1, 0.15) is 46.1 Å². The molecule has 0 aliphatic carbocycles. The average Bonchev–Trinajstić information content (AvgIpc) is 2.55. The van der Waals surface area contributed by atoms with E-state index in [-0.39, 0.29) is 12.4 Å². The first-order chi connectivity index (χ1) is 11.4. The molecule has 0 aliphatic heterocycles. The van der Waals surface area contributed by atoms with Crippen LogP contribution in [0.2, 0.25) is 0 Å². The molecule has 1 atom stereocenters. The van der Waals surface area contributed by atoms with E-state index in [9.17, 15) is 14.9 Å². The van der Waals surface area contributed by atoms with Gasteiger partial charge in [0.15, 0.2) is 11.2 Å². The molecule has 0 saturated carbocycles. The maximum atomic E-state index is 12.7. The number of hydrogen-bond acceptors (Lipinski definition) is 4. The lowest BCUT2D eigenvalue weighted by Gasteiger charge is -2.28. The molecular formula is C20H25NO3. The topological polar surface area (TPSA) is 67.2 Å². The normalized spacial score (nSPS) is 13.9. The van der Waals surface area contributed by atoms with Crippen LogP contribution in [0.5, 0.6) is 0 Å². The van der Waals surface area contributed by atoms with Crippen molar-refractivity contribution in [1.29, 1.82) is 5.26 Å². The average molecular weight is 327 g/mol. The lowest BCUT2D eigenvalue weighted by Crippen LogP contribution is -2.34. The highest BCUT2D eigenvalue weighted by atomic mass is 16.5. The SMILES string of the molecule is CCOC(=O)C(C#N)(CCC(C)C)/C(=C/C(C)=O)c1ccccc1. The Balaban J connectivity index is 3.53. The highest BCUT2D eigenvalue weighted by Gasteiger charge is 2.44. The van der Waals surface area contributed by atoms with Crippen LogP contribution >= 0.6 is 0 Å². The van der Waals surface area contributed by atoms with E-state index in [4.69, 9.17) is 4.74 Å². The predicted molar refractivity (Wildman–Crippen MR) is 93.9 cm³/mol. The van der Waals surface area contributed by atoms with Crippen molar-refractivity contribution in [3.8, 4) is 6.07 Å². The summed E-state index contributed by atoms with van der Waals surface area (Å²) in [6.45, 7) is 7.37. The second-order valence-electron chi connectivity index (χ2n) is 6.20. The number of benzene rings is 1. The van der Waals surface area contributed by atoms with Gasteiger partial charge in [0.25, 0.3) is 0 Å². The molecule has 0 aliphatic rings. The van der Waals surface area contributed by atoms with Crippen LogP contribution in [0.3, 0.4) is 0 Å². The van der Waals surface area contributed by atoms with E-state index in [1.165, 1.54) is 13.0 Å². The van der Waals surface area contributed by atoms with Crippen molar-refractivity contribution in [3.05, 3.63) is 42.0 Å². The fourth-order valence-electron chi connectivity index (χ4n) is 2.54. The zero-order valence-corrected chi connectivity index (χ0v) is 14.8. The number of carbonyl (C=O) groups excluding carboxylic acids is 2. The molecule has 0 radical (unpaired) electrons. The molecule has 4 nitrogen and oxygen atoms in total. The van der Waals surface area contributed by atoms with Gasteiger partial charge < -0.3 is 4.74 Å². The van der Waals surface area contributed by atoms with Gasteiger partial charge in [0.2, 0.25) is 0 Å². The molecule has 1 aromatic rings. The lowest BCUT2D eigenvalue weighted by molar-refractivity contribution is -0.149. The van der Waals surface area contributed by atoms with Crippen LogP contribution in [-0.2, 0) is 14.3 Å². The van der Waals surface area contributed by atoms with Crippen molar-refractivity contribution in [3.63, 3.8) is 0 Å². The summed E-state index contributed by atoms with van der Waals surface area (Å²) in [6, 6.07) is 11.3. The quantitative estimate of drug-likeness (QED) is 0.531. The third-order valence-electron chi connectivity index (χ3n) is 3.80. The first kappa shape index (κ1) is 19.6. The van der Waals surface area contributed by atoms with Crippen LogP contribution in [-0.4, -0.2) is 18.4 Å². The smallest absolute Gasteiger partial charge is 0.331 e. The Bertz CT molecular complexity index is 641. The fourth-order valence-corrected chi connectivity index (χ4v) is 2.54. The van der Waals surface area contributed by atoms with E-state index >= 15 is 0 Å². The summed E-state index contributed by atoms with van der Waals surface area (Å²) in [5.41, 5.74) is -0.379. The summed E-state index contributed by atoms with van der Waals surface area (Å²) in [4.78, 5) is 24.5. The number of nitriles is 1. The number of allylic oxidation sites excluding steroid dienone is 1. The fraction of sp³-hybridized carbons (Fsp3) is 0.450. The summed E-state index contributed by atoms with van der Waals surface area (Å²) >= 11 is 0. The summed E-state index contributed by atoms with van der Waals surface area (Å²) in [5.74, 6) is -0.478. The molecule has 128 valence electrons. The largest absolute Gasteiger partial charge is 0.465 e. The molecule has 1 unspecified atom stereocenters. The number of carbonyl (C=O) groups is 2. The van der Waals surface area contributed by atoms with E-state index in [2.05, 4.69) is 6.07 Å². The molecule has 0 spiro atoms.